The van der Waals surface area contributed by atoms with Gasteiger partial charge in [0.25, 0.3) is 0 Å². The maximum absolute atomic E-state index is 5.97. The molecule has 0 amide bonds. The molecule has 0 atom stereocenters. The summed E-state index contributed by atoms with van der Waals surface area (Å²) in [5, 5.41) is 1.17. The first-order chi connectivity index (χ1) is 9.54. The number of pyridine rings is 1. The first-order valence-corrected chi connectivity index (χ1v) is 7.48. The van der Waals surface area contributed by atoms with Crippen LogP contribution in [0, 0.1) is 12.8 Å². The Kier molecular flexibility index (Phi) is 3.28. The zero-order chi connectivity index (χ0) is 14.3. The number of fused-ring (bicyclic) bond motifs is 1. The van der Waals surface area contributed by atoms with E-state index in [2.05, 4.69) is 42.8 Å². The second kappa shape index (κ2) is 4.97. The summed E-state index contributed by atoms with van der Waals surface area (Å²) in [6, 6.07) is 8.70. The predicted molar refractivity (Wildman–Crippen MR) is 86.1 cm³/mol. The van der Waals surface area contributed by atoms with Crippen molar-refractivity contribution in [3.05, 3.63) is 30.0 Å². The Bertz CT molecular complexity index is 629. The van der Waals surface area contributed by atoms with Gasteiger partial charge in [0.1, 0.15) is 0 Å². The largest absolute Gasteiger partial charge is 0.399 e. The normalized spacial score (nSPS) is 15.0. The molecule has 0 unspecified atom stereocenters. The van der Waals surface area contributed by atoms with Gasteiger partial charge in [-0.3, -0.25) is 4.98 Å². The fourth-order valence-corrected chi connectivity index (χ4v) is 2.76. The van der Waals surface area contributed by atoms with Gasteiger partial charge in [-0.2, -0.15) is 0 Å². The van der Waals surface area contributed by atoms with Crippen LogP contribution in [0.5, 0.6) is 0 Å². The van der Waals surface area contributed by atoms with Crippen LogP contribution < -0.4 is 10.6 Å². The number of hydrogen-bond acceptors (Lipinski definition) is 3. The van der Waals surface area contributed by atoms with Crippen LogP contribution in [0.25, 0.3) is 10.9 Å². The SMILES string of the molecule is Cc1cc(N(CC2CC2)C(C)C)c2cc(N)ccc2n1. The van der Waals surface area contributed by atoms with Gasteiger partial charge in [-0.25, -0.2) is 0 Å². The molecule has 0 spiro atoms. The lowest BCUT2D eigenvalue weighted by atomic mass is 10.1. The molecule has 0 bridgehead atoms. The molecule has 1 aliphatic carbocycles. The molecule has 106 valence electrons. The number of nitrogens with zero attached hydrogens (tertiary/aromatic N) is 2. The van der Waals surface area contributed by atoms with Crippen molar-refractivity contribution in [2.45, 2.75) is 39.7 Å². The van der Waals surface area contributed by atoms with E-state index in [1.165, 1.54) is 23.9 Å². The van der Waals surface area contributed by atoms with Gasteiger partial charge in [0.2, 0.25) is 0 Å². The number of aromatic nitrogens is 1. The summed E-state index contributed by atoms with van der Waals surface area (Å²) >= 11 is 0. The molecule has 1 saturated carbocycles. The smallest absolute Gasteiger partial charge is 0.0727 e. The van der Waals surface area contributed by atoms with E-state index in [0.29, 0.717) is 6.04 Å². The van der Waals surface area contributed by atoms with E-state index in [9.17, 15) is 0 Å². The van der Waals surface area contributed by atoms with E-state index >= 15 is 0 Å². The monoisotopic (exact) mass is 269 g/mol. The number of hydrogen-bond donors (Lipinski definition) is 1. The molecule has 1 fully saturated rings. The standard InChI is InChI=1S/C17H23N3/c1-11(2)20(10-13-4-5-13)17-8-12(3)19-16-7-6-14(18)9-15(16)17/h6-9,11,13H,4-5,10,18H2,1-3H3. The van der Waals surface area contributed by atoms with Gasteiger partial charge < -0.3 is 10.6 Å². The first kappa shape index (κ1) is 13.2. The van der Waals surface area contributed by atoms with E-state index < -0.39 is 0 Å². The number of nitrogen functional groups attached to an aromatic ring is 1. The number of rotatable bonds is 4. The van der Waals surface area contributed by atoms with Crippen LogP contribution in [0.1, 0.15) is 32.4 Å². The van der Waals surface area contributed by atoms with Gasteiger partial charge in [-0.05, 0) is 63.8 Å². The lowest BCUT2D eigenvalue weighted by Gasteiger charge is -2.30. The third-order valence-corrected chi connectivity index (χ3v) is 4.02. The fraction of sp³-hybridized carbons (Fsp3) is 0.471. The van der Waals surface area contributed by atoms with Gasteiger partial charge in [-0.15, -0.1) is 0 Å². The Balaban J connectivity index is 2.13. The summed E-state index contributed by atoms with van der Waals surface area (Å²) in [7, 11) is 0. The Morgan fingerprint density at radius 3 is 2.70 bits per heavy atom. The van der Waals surface area contributed by atoms with E-state index in [1.807, 2.05) is 12.1 Å². The van der Waals surface area contributed by atoms with Crippen LogP contribution in [0.2, 0.25) is 0 Å². The number of benzene rings is 1. The first-order valence-electron chi connectivity index (χ1n) is 7.48. The van der Waals surface area contributed by atoms with Crippen LogP contribution in [0.15, 0.2) is 24.3 Å². The molecule has 1 heterocycles. The number of anilines is 2. The van der Waals surface area contributed by atoms with Crippen molar-refractivity contribution in [2.75, 3.05) is 17.2 Å². The second-order valence-electron chi connectivity index (χ2n) is 6.25. The summed E-state index contributed by atoms with van der Waals surface area (Å²) in [6.45, 7) is 7.73. The van der Waals surface area contributed by atoms with Crippen LogP contribution >= 0.6 is 0 Å². The van der Waals surface area contributed by atoms with Crippen molar-refractivity contribution in [3.63, 3.8) is 0 Å². The molecule has 2 aromatic rings. The number of nitrogens with two attached hydrogens (primary N) is 1. The average Bonchev–Trinajstić information content (AvgIpc) is 3.19. The summed E-state index contributed by atoms with van der Waals surface area (Å²) in [5.41, 5.74) is 10.2. The van der Waals surface area contributed by atoms with E-state index in [0.717, 1.165) is 29.4 Å². The zero-order valence-corrected chi connectivity index (χ0v) is 12.6. The fourth-order valence-electron chi connectivity index (χ4n) is 2.76. The Hall–Kier alpha value is -1.77. The van der Waals surface area contributed by atoms with Crippen LogP contribution in [0.4, 0.5) is 11.4 Å². The minimum atomic E-state index is 0.488. The maximum atomic E-state index is 5.97. The van der Waals surface area contributed by atoms with Crippen molar-refractivity contribution in [1.29, 1.82) is 0 Å². The minimum absolute atomic E-state index is 0.488. The topological polar surface area (TPSA) is 42.1 Å². The van der Waals surface area contributed by atoms with Crippen LogP contribution in [-0.4, -0.2) is 17.6 Å². The van der Waals surface area contributed by atoms with Gasteiger partial charge in [0, 0.05) is 35.0 Å². The molecule has 1 aromatic carbocycles. The van der Waals surface area contributed by atoms with Crippen molar-refractivity contribution in [3.8, 4) is 0 Å². The molecule has 2 N–H and O–H groups in total. The highest BCUT2D eigenvalue weighted by atomic mass is 15.2. The summed E-state index contributed by atoms with van der Waals surface area (Å²) in [6.07, 6.45) is 2.74. The van der Waals surface area contributed by atoms with Crippen LogP contribution in [-0.2, 0) is 0 Å². The summed E-state index contributed by atoms with van der Waals surface area (Å²) in [4.78, 5) is 7.14. The molecule has 3 nitrogen and oxygen atoms in total. The van der Waals surface area contributed by atoms with Gasteiger partial charge in [-0.1, -0.05) is 0 Å². The molecule has 3 heteroatoms. The van der Waals surface area contributed by atoms with Crippen molar-refractivity contribution in [2.24, 2.45) is 5.92 Å². The van der Waals surface area contributed by atoms with Crippen LogP contribution in [0.3, 0.4) is 0 Å². The minimum Gasteiger partial charge on any atom is -0.399 e. The lowest BCUT2D eigenvalue weighted by Crippen LogP contribution is -2.33. The van der Waals surface area contributed by atoms with E-state index in [-0.39, 0.29) is 0 Å². The van der Waals surface area contributed by atoms with E-state index in [4.69, 9.17) is 5.73 Å². The average molecular weight is 269 g/mol. The lowest BCUT2D eigenvalue weighted by molar-refractivity contribution is 0.646. The second-order valence-corrected chi connectivity index (χ2v) is 6.25. The Morgan fingerprint density at radius 2 is 2.05 bits per heavy atom. The molecule has 20 heavy (non-hydrogen) atoms. The molecule has 1 aromatic heterocycles. The molecule has 0 radical (unpaired) electrons. The van der Waals surface area contributed by atoms with Gasteiger partial charge >= 0.3 is 0 Å². The molecule has 0 aliphatic heterocycles. The molecule has 0 saturated heterocycles. The molecule has 1 aliphatic rings. The molecule has 3 rings (SSSR count). The van der Waals surface area contributed by atoms with Crippen molar-refractivity contribution >= 4 is 22.3 Å². The molecular weight excluding hydrogens is 246 g/mol. The van der Waals surface area contributed by atoms with Gasteiger partial charge in [0.15, 0.2) is 0 Å². The predicted octanol–water partition coefficient (Wildman–Crippen LogP) is 3.75. The Morgan fingerprint density at radius 1 is 1.30 bits per heavy atom. The quantitative estimate of drug-likeness (QED) is 0.859. The Labute approximate surface area is 120 Å². The highest BCUT2D eigenvalue weighted by Crippen LogP contribution is 2.35. The maximum Gasteiger partial charge on any atom is 0.0727 e. The third-order valence-electron chi connectivity index (χ3n) is 4.02. The highest BCUT2D eigenvalue weighted by molar-refractivity contribution is 5.94. The summed E-state index contributed by atoms with van der Waals surface area (Å²) < 4.78 is 0. The number of aryl methyl sites for hydroxylation is 1. The van der Waals surface area contributed by atoms with Gasteiger partial charge in [0.05, 0.1) is 5.52 Å². The summed E-state index contributed by atoms with van der Waals surface area (Å²) in [5.74, 6) is 0.863. The third kappa shape index (κ3) is 2.58. The van der Waals surface area contributed by atoms with Crippen molar-refractivity contribution < 1.29 is 0 Å². The zero-order valence-electron chi connectivity index (χ0n) is 12.6. The molecular formula is C17H23N3. The van der Waals surface area contributed by atoms with E-state index in [1.54, 1.807) is 0 Å². The van der Waals surface area contributed by atoms with Crippen molar-refractivity contribution in [1.82, 2.24) is 4.98 Å². The highest BCUT2D eigenvalue weighted by Gasteiger charge is 2.26.